The van der Waals surface area contributed by atoms with E-state index in [-0.39, 0.29) is 11.9 Å². The van der Waals surface area contributed by atoms with Crippen LogP contribution in [0.5, 0.6) is 5.75 Å². The molecule has 1 aromatic carbocycles. The van der Waals surface area contributed by atoms with E-state index in [1.165, 1.54) is 6.07 Å². The normalized spacial score (nSPS) is 16.5. The van der Waals surface area contributed by atoms with Gasteiger partial charge >= 0.3 is 0 Å². The first-order chi connectivity index (χ1) is 9.33. The highest BCUT2D eigenvalue weighted by atomic mass is 19.1. The Balaban J connectivity index is 1.76. The summed E-state index contributed by atoms with van der Waals surface area (Å²) in [5.74, 6) is 0.583. The molecule has 1 aromatic heterocycles. The maximum Gasteiger partial charge on any atom is 0.165 e. The second kappa shape index (κ2) is 5.45. The van der Waals surface area contributed by atoms with Gasteiger partial charge in [0.15, 0.2) is 11.6 Å². The van der Waals surface area contributed by atoms with Gasteiger partial charge in [0, 0.05) is 18.4 Å². The standard InChI is InChI=1S/C15H15FO3/c16-13-10-11(14-2-1-7-18-14)3-4-15(13)19-12-5-8-17-9-6-12/h1-4,7,10,12H,5-6,8-9H2. The van der Waals surface area contributed by atoms with Crippen LogP contribution in [0, 0.1) is 5.82 Å². The molecule has 0 saturated carbocycles. The molecule has 4 heteroatoms. The fourth-order valence-corrected chi connectivity index (χ4v) is 2.17. The Morgan fingerprint density at radius 2 is 2.00 bits per heavy atom. The van der Waals surface area contributed by atoms with E-state index >= 15 is 0 Å². The lowest BCUT2D eigenvalue weighted by molar-refractivity contribution is 0.0240. The van der Waals surface area contributed by atoms with Gasteiger partial charge in [-0.1, -0.05) is 0 Å². The van der Waals surface area contributed by atoms with Crippen molar-refractivity contribution >= 4 is 0 Å². The summed E-state index contributed by atoms with van der Waals surface area (Å²) in [4.78, 5) is 0. The van der Waals surface area contributed by atoms with Gasteiger partial charge in [0.05, 0.1) is 19.5 Å². The lowest BCUT2D eigenvalue weighted by atomic mass is 10.1. The highest BCUT2D eigenvalue weighted by molar-refractivity contribution is 5.58. The molecule has 2 aromatic rings. The Kier molecular flexibility index (Phi) is 3.51. The average Bonchev–Trinajstić information content (AvgIpc) is 2.96. The van der Waals surface area contributed by atoms with Crippen LogP contribution >= 0.6 is 0 Å². The maximum absolute atomic E-state index is 14.0. The van der Waals surface area contributed by atoms with Crippen molar-refractivity contribution < 1.29 is 18.3 Å². The molecule has 2 heterocycles. The topological polar surface area (TPSA) is 31.6 Å². The van der Waals surface area contributed by atoms with Crippen molar-refractivity contribution in [1.82, 2.24) is 0 Å². The monoisotopic (exact) mass is 262 g/mol. The molecular weight excluding hydrogens is 247 g/mol. The third-order valence-electron chi connectivity index (χ3n) is 3.20. The van der Waals surface area contributed by atoms with Crippen LogP contribution in [0.2, 0.25) is 0 Å². The first kappa shape index (κ1) is 12.2. The number of furan rings is 1. The summed E-state index contributed by atoms with van der Waals surface area (Å²) in [6.07, 6.45) is 3.22. The van der Waals surface area contributed by atoms with Gasteiger partial charge in [-0.05, 0) is 30.3 Å². The minimum absolute atomic E-state index is 0.0395. The number of halogens is 1. The van der Waals surface area contributed by atoms with E-state index in [1.54, 1.807) is 30.5 Å². The summed E-state index contributed by atoms with van der Waals surface area (Å²) in [7, 11) is 0. The van der Waals surface area contributed by atoms with Crippen LogP contribution in [0.4, 0.5) is 4.39 Å². The van der Waals surface area contributed by atoms with Gasteiger partial charge in [-0.2, -0.15) is 0 Å². The van der Waals surface area contributed by atoms with Crippen LogP contribution in [0.1, 0.15) is 12.8 Å². The van der Waals surface area contributed by atoms with Crippen molar-refractivity contribution in [1.29, 1.82) is 0 Å². The average molecular weight is 262 g/mol. The van der Waals surface area contributed by atoms with Gasteiger partial charge in [0.1, 0.15) is 11.9 Å². The molecule has 0 aliphatic carbocycles. The Morgan fingerprint density at radius 3 is 2.68 bits per heavy atom. The molecule has 100 valence electrons. The first-order valence-electron chi connectivity index (χ1n) is 6.41. The molecule has 19 heavy (non-hydrogen) atoms. The smallest absolute Gasteiger partial charge is 0.165 e. The van der Waals surface area contributed by atoms with E-state index in [1.807, 2.05) is 0 Å². The van der Waals surface area contributed by atoms with Crippen molar-refractivity contribution in [3.8, 4) is 17.1 Å². The van der Waals surface area contributed by atoms with E-state index in [0.29, 0.717) is 30.3 Å². The predicted octanol–water partition coefficient (Wildman–Crippen LogP) is 3.64. The fraction of sp³-hybridized carbons (Fsp3) is 0.333. The van der Waals surface area contributed by atoms with Crippen molar-refractivity contribution in [2.45, 2.75) is 18.9 Å². The van der Waals surface area contributed by atoms with Crippen LogP contribution in [0.25, 0.3) is 11.3 Å². The Hall–Kier alpha value is -1.81. The molecule has 3 rings (SSSR count). The highest BCUT2D eigenvalue weighted by Gasteiger charge is 2.17. The second-order valence-corrected chi connectivity index (χ2v) is 4.55. The first-order valence-corrected chi connectivity index (χ1v) is 6.41. The van der Waals surface area contributed by atoms with Crippen LogP contribution in [-0.2, 0) is 4.74 Å². The molecule has 0 amide bonds. The van der Waals surface area contributed by atoms with Crippen molar-refractivity contribution in [2.75, 3.05) is 13.2 Å². The number of hydrogen-bond donors (Lipinski definition) is 0. The zero-order chi connectivity index (χ0) is 13.1. The van der Waals surface area contributed by atoms with Crippen LogP contribution in [0.15, 0.2) is 41.0 Å². The molecule has 1 saturated heterocycles. The molecule has 1 fully saturated rings. The maximum atomic E-state index is 14.0. The third kappa shape index (κ3) is 2.79. The molecule has 1 aliphatic rings. The molecule has 0 atom stereocenters. The summed E-state index contributed by atoms with van der Waals surface area (Å²) >= 11 is 0. The zero-order valence-corrected chi connectivity index (χ0v) is 10.5. The SMILES string of the molecule is Fc1cc(-c2ccco2)ccc1OC1CCOCC1. The van der Waals surface area contributed by atoms with Gasteiger partial charge in [-0.15, -0.1) is 0 Å². The Labute approximate surface area is 110 Å². The van der Waals surface area contributed by atoms with Gasteiger partial charge in [-0.25, -0.2) is 4.39 Å². The molecule has 3 nitrogen and oxygen atoms in total. The molecule has 1 aliphatic heterocycles. The minimum atomic E-state index is -0.361. The predicted molar refractivity (Wildman–Crippen MR) is 68.6 cm³/mol. The van der Waals surface area contributed by atoms with Gasteiger partial charge in [0.25, 0.3) is 0 Å². The minimum Gasteiger partial charge on any atom is -0.487 e. The molecule has 0 radical (unpaired) electrons. The number of benzene rings is 1. The summed E-state index contributed by atoms with van der Waals surface area (Å²) in [5.41, 5.74) is 0.710. The van der Waals surface area contributed by atoms with Crippen molar-refractivity contribution in [3.05, 3.63) is 42.4 Å². The lowest BCUT2D eigenvalue weighted by Crippen LogP contribution is -2.26. The third-order valence-corrected chi connectivity index (χ3v) is 3.20. The van der Waals surface area contributed by atoms with Crippen LogP contribution in [-0.4, -0.2) is 19.3 Å². The summed E-state index contributed by atoms with van der Waals surface area (Å²) < 4.78 is 30.2. The van der Waals surface area contributed by atoms with Gasteiger partial charge < -0.3 is 13.9 Å². The quantitative estimate of drug-likeness (QED) is 0.846. The van der Waals surface area contributed by atoms with Gasteiger partial charge in [-0.3, -0.25) is 0 Å². The van der Waals surface area contributed by atoms with E-state index in [9.17, 15) is 4.39 Å². The fourth-order valence-electron chi connectivity index (χ4n) is 2.17. The van der Waals surface area contributed by atoms with E-state index in [2.05, 4.69) is 0 Å². The van der Waals surface area contributed by atoms with Gasteiger partial charge in [0.2, 0.25) is 0 Å². The number of rotatable bonds is 3. The summed E-state index contributed by atoms with van der Waals surface area (Å²) in [6, 6.07) is 8.47. The number of ether oxygens (including phenoxy) is 2. The van der Waals surface area contributed by atoms with E-state index in [0.717, 1.165) is 12.8 Å². The second-order valence-electron chi connectivity index (χ2n) is 4.55. The van der Waals surface area contributed by atoms with Crippen molar-refractivity contribution in [3.63, 3.8) is 0 Å². The van der Waals surface area contributed by atoms with E-state index < -0.39 is 0 Å². The van der Waals surface area contributed by atoms with Crippen LogP contribution < -0.4 is 4.74 Å². The Bertz CT molecular complexity index is 530. The molecule has 0 spiro atoms. The lowest BCUT2D eigenvalue weighted by Gasteiger charge is -2.23. The molecule has 0 bridgehead atoms. The summed E-state index contributed by atoms with van der Waals surface area (Å²) in [5, 5.41) is 0. The molecular formula is C15H15FO3. The van der Waals surface area contributed by atoms with Crippen LogP contribution in [0.3, 0.4) is 0 Å². The van der Waals surface area contributed by atoms with E-state index in [4.69, 9.17) is 13.9 Å². The zero-order valence-electron chi connectivity index (χ0n) is 10.5. The molecule has 0 N–H and O–H groups in total. The number of hydrogen-bond acceptors (Lipinski definition) is 3. The highest BCUT2D eigenvalue weighted by Crippen LogP contribution is 2.27. The van der Waals surface area contributed by atoms with Crippen molar-refractivity contribution in [2.24, 2.45) is 0 Å². The largest absolute Gasteiger partial charge is 0.487 e. The molecule has 0 unspecified atom stereocenters. The summed E-state index contributed by atoms with van der Waals surface area (Å²) in [6.45, 7) is 1.35. The Morgan fingerprint density at radius 1 is 1.16 bits per heavy atom.